The average Bonchev–Trinajstić information content (AvgIpc) is 2.89. The zero-order chi connectivity index (χ0) is 12.8. The van der Waals surface area contributed by atoms with Crippen molar-refractivity contribution in [3.8, 4) is 11.5 Å². The van der Waals surface area contributed by atoms with Crippen molar-refractivity contribution >= 4 is 0 Å². The van der Waals surface area contributed by atoms with Crippen LogP contribution < -0.4 is 10.1 Å². The Morgan fingerprint density at radius 3 is 3.00 bits per heavy atom. The molecule has 0 unspecified atom stereocenters. The Balaban J connectivity index is 1.79. The van der Waals surface area contributed by atoms with E-state index in [4.69, 9.17) is 4.74 Å². The largest absolute Gasteiger partial charge is 0.507 e. The van der Waals surface area contributed by atoms with Crippen molar-refractivity contribution < 1.29 is 9.84 Å². The number of aromatic amines is 1. The second-order valence-electron chi connectivity index (χ2n) is 3.96. The quantitative estimate of drug-likeness (QED) is 0.676. The molecule has 2 rings (SSSR count). The van der Waals surface area contributed by atoms with Gasteiger partial charge in [0.25, 0.3) is 0 Å². The molecule has 3 N–H and O–H groups in total. The van der Waals surface area contributed by atoms with Gasteiger partial charge in [-0.15, -0.1) is 0 Å². The number of benzene rings is 1. The zero-order valence-corrected chi connectivity index (χ0v) is 10.3. The number of hydrogen-bond donors (Lipinski definition) is 3. The van der Waals surface area contributed by atoms with E-state index in [0.29, 0.717) is 12.3 Å². The first kappa shape index (κ1) is 12.4. The molecular weight excluding hydrogens is 230 g/mol. The first-order chi connectivity index (χ1) is 8.79. The molecule has 96 valence electrons. The van der Waals surface area contributed by atoms with Gasteiger partial charge in [0.15, 0.2) is 0 Å². The lowest BCUT2D eigenvalue weighted by Gasteiger charge is -2.07. The predicted molar refractivity (Wildman–Crippen MR) is 68.7 cm³/mol. The van der Waals surface area contributed by atoms with Gasteiger partial charge in [-0.05, 0) is 6.07 Å². The highest BCUT2D eigenvalue weighted by Crippen LogP contribution is 2.22. The summed E-state index contributed by atoms with van der Waals surface area (Å²) < 4.78 is 5.03. The van der Waals surface area contributed by atoms with Gasteiger partial charge in [-0.3, -0.25) is 0 Å². The number of nitrogens with one attached hydrogen (secondary N) is 2. The maximum atomic E-state index is 9.77. The third-order valence-electron chi connectivity index (χ3n) is 2.70. The summed E-state index contributed by atoms with van der Waals surface area (Å²) in [7, 11) is 1.58. The molecule has 1 heterocycles. The van der Waals surface area contributed by atoms with E-state index in [-0.39, 0.29) is 5.75 Å². The Morgan fingerprint density at radius 2 is 2.33 bits per heavy atom. The molecule has 5 nitrogen and oxygen atoms in total. The normalized spacial score (nSPS) is 10.5. The highest BCUT2D eigenvalue weighted by Gasteiger charge is 2.02. The highest BCUT2D eigenvalue weighted by molar-refractivity contribution is 5.39. The van der Waals surface area contributed by atoms with Gasteiger partial charge in [0.1, 0.15) is 17.3 Å². The molecule has 0 aliphatic rings. The summed E-state index contributed by atoms with van der Waals surface area (Å²) in [5.41, 5.74) is 0.857. The van der Waals surface area contributed by atoms with Crippen molar-refractivity contribution in [2.75, 3.05) is 13.7 Å². The van der Waals surface area contributed by atoms with Crippen molar-refractivity contribution in [1.82, 2.24) is 15.3 Å². The number of nitrogens with zero attached hydrogens (tertiary/aromatic N) is 1. The molecule has 1 aromatic heterocycles. The van der Waals surface area contributed by atoms with Crippen LogP contribution in [0.3, 0.4) is 0 Å². The van der Waals surface area contributed by atoms with E-state index in [2.05, 4.69) is 15.3 Å². The molecule has 5 heteroatoms. The van der Waals surface area contributed by atoms with Crippen molar-refractivity contribution in [1.29, 1.82) is 0 Å². The fourth-order valence-electron chi connectivity index (χ4n) is 1.68. The van der Waals surface area contributed by atoms with Crippen LogP contribution >= 0.6 is 0 Å². The standard InChI is InChI=1S/C13H17N3O2/c1-18-11-3-2-10(12(17)8-11)9-14-5-4-13-15-6-7-16-13/h2-3,6-8,14,17H,4-5,9H2,1H3,(H,15,16). The van der Waals surface area contributed by atoms with Crippen LogP contribution in [-0.2, 0) is 13.0 Å². The van der Waals surface area contributed by atoms with E-state index >= 15 is 0 Å². The molecule has 0 saturated carbocycles. The maximum absolute atomic E-state index is 9.77. The van der Waals surface area contributed by atoms with Gasteiger partial charge < -0.3 is 20.1 Å². The Kier molecular flexibility index (Phi) is 4.20. The van der Waals surface area contributed by atoms with Crippen LogP contribution in [0.2, 0.25) is 0 Å². The molecule has 1 aromatic carbocycles. The Hall–Kier alpha value is -2.01. The topological polar surface area (TPSA) is 70.2 Å². The molecule has 0 radical (unpaired) electrons. The van der Waals surface area contributed by atoms with Crippen LogP contribution in [0, 0.1) is 0 Å². The molecule has 2 aromatic rings. The summed E-state index contributed by atoms with van der Waals surface area (Å²) in [6, 6.07) is 5.31. The highest BCUT2D eigenvalue weighted by atomic mass is 16.5. The van der Waals surface area contributed by atoms with Gasteiger partial charge in [0.05, 0.1) is 7.11 Å². The number of hydrogen-bond acceptors (Lipinski definition) is 4. The summed E-state index contributed by atoms with van der Waals surface area (Å²) in [4.78, 5) is 7.18. The van der Waals surface area contributed by atoms with Crippen LogP contribution in [0.4, 0.5) is 0 Å². The number of aromatic hydroxyl groups is 1. The third kappa shape index (κ3) is 3.24. The summed E-state index contributed by atoms with van der Waals surface area (Å²) in [5, 5.41) is 13.0. The first-order valence-corrected chi connectivity index (χ1v) is 5.84. The molecule has 18 heavy (non-hydrogen) atoms. The second kappa shape index (κ2) is 6.07. The molecule has 0 atom stereocenters. The number of H-pyrrole nitrogens is 1. The van der Waals surface area contributed by atoms with Crippen LogP contribution in [0.25, 0.3) is 0 Å². The van der Waals surface area contributed by atoms with Gasteiger partial charge in [-0.1, -0.05) is 6.07 Å². The van der Waals surface area contributed by atoms with Gasteiger partial charge in [-0.25, -0.2) is 4.98 Å². The zero-order valence-electron chi connectivity index (χ0n) is 10.3. The maximum Gasteiger partial charge on any atom is 0.123 e. The van der Waals surface area contributed by atoms with Crippen molar-refractivity contribution in [3.63, 3.8) is 0 Å². The number of methoxy groups -OCH3 is 1. The van der Waals surface area contributed by atoms with Crippen molar-refractivity contribution in [2.24, 2.45) is 0 Å². The third-order valence-corrected chi connectivity index (χ3v) is 2.70. The molecule has 0 saturated heterocycles. The van der Waals surface area contributed by atoms with E-state index in [1.165, 1.54) is 0 Å². The average molecular weight is 247 g/mol. The lowest BCUT2D eigenvalue weighted by molar-refractivity contribution is 0.406. The number of phenolic OH excluding ortho intramolecular Hbond substituents is 1. The predicted octanol–water partition coefficient (Wildman–Crippen LogP) is 1.46. The molecule has 0 spiro atoms. The minimum Gasteiger partial charge on any atom is -0.507 e. The molecular formula is C13H17N3O2. The van der Waals surface area contributed by atoms with Crippen LogP contribution in [-0.4, -0.2) is 28.7 Å². The Morgan fingerprint density at radius 1 is 1.44 bits per heavy atom. The number of aromatic nitrogens is 2. The monoisotopic (exact) mass is 247 g/mol. The van der Waals surface area contributed by atoms with Crippen LogP contribution in [0.15, 0.2) is 30.6 Å². The van der Waals surface area contributed by atoms with Gasteiger partial charge in [-0.2, -0.15) is 0 Å². The first-order valence-electron chi connectivity index (χ1n) is 5.84. The van der Waals surface area contributed by atoms with Gasteiger partial charge >= 0.3 is 0 Å². The number of rotatable bonds is 6. The summed E-state index contributed by atoms with van der Waals surface area (Å²) in [6.07, 6.45) is 4.39. The minimum absolute atomic E-state index is 0.250. The van der Waals surface area contributed by atoms with Crippen LogP contribution in [0.5, 0.6) is 11.5 Å². The van der Waals surface area contributed by atoms with Gasteiger partial charge in [0.2, 0.25) is 0 Å². The minimum atomic E-state index is 0.250. The van der Waals surface area contributed by atoms with Crippen molar-refractivity contribution in [2.45, 2.75) is 13.0 Å². The van der Waals surface area contributed by atoms with Crippen molar-refractivity contribution in [3.05, 3.63) is 42.0 Å². The van der Waals surface area contributed by atoms with E-state index in [0.717, 1.165) is 24.4 Å². The second-order valence-corrected chi connectivity index (χ2v) is 3.96. The van der Waals surface area contributed by atoms with E-state index < -0.39 is 0 Å². The van der Waals surface area contributed by atoms with E-state index in [1.807, 2.05) is 18.3 Å². The summed E-state index contributed by atoms with van der Waals surface area (Å²) in [6.45, 7) is 1.43. The lowest BCUT2D eigenvalue weighted by atomic mass is 10.2. The van der Waals surface area contributed by atoms with E-state index in [9.17, 15) is 5.11 Å². The molecule has 0 fully saturated rings. The fourth-order valence-corrected chi connectivity index (χ4v) is 1.68. The SMILES string of the molecule is COc1ccc(CNCCc2ncc[nH]2)c(O)c1. The Labute approximate surface area is 106 Å². The summed E-state index contributed by atoms with van der Waals surface area (Å²) >= 11 is 0. The number of ether oxygens (including phenoxy) is 1. The fraction of sp³-hybridized carbons (Fsp3) is 0.308. The van der Waals surface area contributed by atoms with Gasteiger partial charge in [0, 0.05) is 43.5 Å². The lowest BCUT2D eigenvalue weighted by Crippen LogP contribution is -2.17. The number of phenols is 1. The molecule has 0 aliphatic carbocycles. The molecule has 0 aliphatic heterocycles. The number of imidazole rings is 1. The Bertz CT molecular complexity index is 483. The summed E-state index contributed by atoms with van der Waals surface area (Å²) in [5.74, 6) is 1.87. The molecule has 0 amide bonds. The van der Waals surface area contributed by atoms with E-state index in [1.54, 1.807) is 19.4 Å². The molecule has 0 bridgehead atoms. The van der Waals surface area contributed by atoms with Crippen LogP contribution in [0.1, 0.15) is 11.4 Å². The smallest absolute Gasteiger partial charge is 0.123 e.